The van der Waals surface area contributed by atoms with Gasteiger partial charge in [0.2, 0.25) is 0 Å². The van der Waals surface area contributed by atoms with E-state index in [1.165, 1.54) is 12.1 Å². The molecule has 0 aromatic heterocycles. The predicted octanol–water partition coefficient (Wildman–Crippen LogP) is 3.67. The van der Waals surface area contributed by atoms with Crippen LogP contribution in [0.25, 0.3) is 6.08 Å². The molecule has 1 fully saturated rings. The van der Waals surface area contributed by atoms with E-state index in [1.54, 1.807) is 20.8 Å². The minimum absolute atomic E-state index is 0.0488. The van der Waals surface area contributed by atoms with Crippen molar-refractivity contribution in [3.05, 3.63) is 34.1 Å². The lowest BCUT2D eigenvalue weighted by Gasteiger charge is -2.26. The van der Waals surface area contributed by atoms with E-state index in [-0.39, 0.29) is 22.9 Å². The summed E-state index contributed by atoms with van der Waals surface area (Å²) in [5.74, 6) is -2.13. The van der Waals surface area contributed by atoms with Crippen LogP contribution in [-0.4, -0.2) is 32.4 Å². The van der Waals surface area contributed by atoms with E-state index < -0.39 is 17.6 Å². The number of carbonyl (C=O) groups is 1. The van der Waals surface area contributed by atoms with E-state index in [0.29, 0.717) is 25.4 Å². The standard InChI is InChI=1S/C17H20ClFO5/c1-4-21-14(20)7-6-11-15(19)13(18)10-12(16(11)22-5-2)17(3)23-8-9-24-17/h6-7,10H,4-5,8-9H2,1-3H3/b7-6+. The Hall–Kier alpha value is -1.63. The van der Waals surface area contributed by atoms with Gasteiger partial charge in [-0.3, -0.25) is 0 Å². The average molecular weight is 359 g/mol. The summed E-state index contributed by atoms with van der Waals surface area (Å²) >= 11 is 6.02. The average Bonchev–Trinajstić information content (AvgIpc) is 2.98. The second-order valence-corrected chi connectivity index (χ2v) is 5.53. The Kier molecular flexibility index (Phi) is 6.21. The number of hydrogen-bond donors (Lipinski definition) is 0. The van der Waals surface area contributed by atoms with Gasteiger partial charge in [-0.05, 0) is 32.9 Å². The maximum Gasteiger partial charge on any atom is 0.330 e. The maximum absolute atomic E-state index is 14.5. The van der Waals surface area contributed by atoms with E-state index in [4.69, 9.17) is 30.5 Å². The highest BCUT2D eigenvalue weighted by atomic mass is 35.5. The third kappa shape index (κ3) is 3.88. The molecular weight excluding hydrogens is 339 g/mol. The normalized spacial score (nSPS) is 16.5. The van der Waals surface area contributed by atoms with Gasteiger partial charge in [0.05, 0.1) is 42.6 Å². The van der Waals surface area contributed by atoms with E-state index in [2.05, 4.69) is 0 Å². The van der Waals surface area contributed by atoms with Gasteiger partial charge < -0.3 is 18.9 Å². The Morgan fingerprint density at radius 3 is 2.62 bits per heavy atom. The Balaban J connectivity index is 2.55. The van der Waals surface area contributed by atoms with Gasteiger partial charge in [-0.15, -0.1) is 0 Å². The van der Waals surface area contributed by atoms with E-state index in [0.717, 1.165) is 6.08 Å². The summed E-state index contributed by atoms with van der Waals surface area (Å²) in [5.41, 5.74) is 0.518. The lowest BCUT2D eigenvalue weighted by atomic mass is 10.0. The third-order valence-electron chi connectivity index (χ3n) is 3.50. The highest BCUT2D eigenvalue weighted by molar-refractivity contribution is 6.31. The van der Waals surface area contributed by atoms with Crippen LogP contribution >= 0.6 is 11.6 Å². The van der Waals surface area contributed by atoms with Crippen LogP contribution in [0.2, 0.25) is 5.02 Å². The van der Waals surface area contributed by atoms with Crippen molar-refractivity contribution in [2.24, 2.45) is 0 Å². The van der Waals surface area contributed by atoms with Gasteiger partial charge in [0.1, 0.15) is 5.75 Å². The molecule has 24 heavy (non-hydrogen) atoms. The summed E-state index contributed by atoms with van der Waals surface area (Å²) in [5, 5.41) is -0.114. The fourth-order valence-corrected chi connectivity index (χ4v) is 2.64. The molecule has 132 valence electrons. The number of rotatable bonds is 6. The third-order valence-corrected chi connectivity index (χ3v) is 3.77. The summed E-state index contributed by atoms with van der Waals surface area (Å²) < 4.78 is 36.2. The Morgan fingerprint density at radius 1 is 1.38 bits per heavy atom. The molecule has 0 atom stereocenters. The molecule has 0 radical (unpaired) electrons. The SMILES string of the molecule is CCOC(=O)/C=C/c1c(F)c(Cl)cc(C2(C)OCCO2)c1OCC. The topological polar surface area (TPSA) is 54.0 Å². The molecule has 0 N–H and O–H groups in total. The highest BCUT2D eigenvalue weighted by Gasteiger charge is 2.38. The van der Waals surface area contributed by atoms with Crippen molar-refractivity contribution in [3.63, 3.8) is 0 Å². The maximum atomic E-state index is 14.5. The molecule has 0 bridgehead atoms. The number of carbonyl (C=O) groups excluding carboxylic acids is 1. The van der Waals surface area contributed by atoms with Gasteiger partial charge in [0, 0.05) is 6.08 Å². The number of ether oxygens (including phenoxy) is 4. The molecule has 0 unspecified atom stereocenters. The van der Waals surface area contributed by atoms with Crippen molar-refractivity contribution in [3.8, 4) is 5.75 Å². The monoisotopic (exact) mass is 358 g/mol. The molecule has 1 aromatic rings. The number of hydrogen-bond acceptors (Lipinski definition) is 5. The minimum atomic E-state index is -1.09. The molecule has 5 nitrogen and oxygen atoms in total. The van der Waals surface area contributed by atoms with Crippen molar-refractivity contribution < 1.29 is 28.1 Å². The summed E-state index contributed by atoms with van der Waals surface area (Å²) in [6.07, 6.45) is 2.41. The zero-order chi connectivity index (χ0) is 17.7. The molecule has 0 amide bonds. The fourth-order valence-electron chi connectivity index (χ4n) is 2.43. The number of benzene rings is 1. The molecule has 1 aliphatic heterocycles. The van der Waals surface area contributed by atoms with Crippen molar-refractivity contribution in [2.75, 3.05) is 26.4 Å². The molecule has 1 aromatic carbocycles. The Bertz CT molecular complexity index is 638. The van der Waals surface area contributed by atoms with Gasteiger partial charge >= 0.3 is 5.97 Å². The lowest BCUT2D eigenvalue weighted by molar-refractivity contribution is -0.150. The van der Waals surface area contributed by atoms with E-state index in [9.17, 15) is 9.18 Å². The smallest absolute Gasteiger partial charge is 0.330 e. The second kappa shape index (κ2) is 7.96. The summed E-state index contributed by atoms with van der Waals surface area (Å²) in [4.78, 5) is 11.5. The number of esters is 1. The van der Waals surface area contributed by atoms with Crippen LogP contribution < -0.4 is 4.74 Å². The molecule has 0 spiro atoms. The van der Waals surface area contributed by atoms with Gasteiger partial charge in [-0.2, -0.15) is 0 Å². The van der Waals surface area contributed by atoms with Crippen molar-refractivity contribution in [1.82, 2.24) is 0 Å². The fraction of sp³-hybridized carbons (Fsp3) is 0.471. The zero-order valence-electron chi connectivity index (χ0n) is 13.9. The van der Waals surface area contributed by atoms with Gasteiger partial charge in [0.15, 0.2) is 11.6 Å². The van der Waals surface area contributed by atoms with Crippen LogP contribution in [0.15, 0.2) is 12.1 Å². The zero-order valence-corrected chi connectivity index (χ0v) is 14.6. The first kappa shape index (κ1) is 18.7. The first-order chi connectivity index (χ1) is 11.4. The first-order valence-corrected chi connectivity index (χ1v) is 8.08. The minimum Gasteiger partial charge on any atom is -0.493 e. The molecule has 0 saturated carbocycles. The van der Waals surface area contributed by atoms with Crippen LogP contribution in [0, 0.1) is 5.82 Å². The predicted molar refractivity (Wildman–Crippen MR) is 87.5 cm³/mol. The van der Waals surface area contributed by atoms with Crippen LogP contribution in [0.3, 0.4) is 0 Å². The van der Waals surface area contributed by atoms with Crippen LogP contribution in [-0.2, 0) is 24.8 Å². The quantitative estimate of drug-likeness (QED) is 0.573. The van der Waals surface area contributed by atoms with E-state index in [1.807, 2.05) is 0 Å². The van der Waals surface area contributed by atoms with Crippen molar-refractivity contribution >= 4 is 23.6 Å². The lowest BCUT2D eigenvalue weighted by Crippen LogP contribution is -2.24. The molecule has 2 rings (SSSR count). The van der Waals surface area contributed by atoms with Crippen molar-refractivity contribution in [1.29, 1.82) is 0 Å². The molecule has 1 heterocycles. The first-order valence-electron chi connectivity index (χ1n) is 7.71. The van der Waals surface area contributed by atoms with Crippen molar-refractivity contribution in [2.45, 2.75) is 26.6 Å². The summed E-state index contributed by atoms with van der Waals surface area (Å²) in [6.45, 7) is 6.51. The summed E-state index contributed by atoms with van der Waals surface area (Å²) in [6, 6.07) is 1.43. The van der Waals surface area contributed by atoms with Crippen LogP contribution in [0.5, 0.6) is 5.75 Å². The van der Waals surface area contributed by atoms with Gasteiger partial charge in [-0.1, -0.05) is 11.6 Å². The Labute approximate surface area is 145 Å². The summed E-state index contributed by atoms with van der Waals surface area (Å²) in [7, 11) is 0. The number of halogens is 2. The van der Waals surface area contributed by atoms with Crippen LogP contribution in [0.1, 0.15) is 31.9 Å². The largest absolute Gasteiger partial charge is 0.493 e. The van der Waals surface area contributed by atoms with Gasteiger partial charge in [-0.25, -0.2) is 9.18 Å². The second-order valence-electron chi connectivity index (χ2n) is 5.12. The van der Waals surface area contributed by atoms with Crippen LogP contribution in [0.4, 0.5) is 4.39 Å². The molecule has 1 aliphatic rings. The Morgan fingerprint density at radius 2 is 2.04 bits per heavy atom. The van der Waals surface area contributed by atoms with E-state index >= 15 is 0 Å². The molecule has 0 aliphatic carbocycles. The molecule has 7 heteroatoms. The molecular formula is C17H20ClFO5. The highest BCUT2D eigenvalue weighted by Crippen LogP contribution is 2.42. The van der Waals surface area contributed by atoms with Gasteiger partial charge in [0.25, 0.3) is 0 Å². The molecule has 1 saturated heterocycles.